The standard InChI is InChI=1S/C18H20ClN3O3/c1-2-20-17(23)12-7-9-22(10-8-12)18(24)15-11-16(25-21-15)13-5-3-4-6-14(13)19/h3-6,11-12H,2,7-10H2,1H3,(H,20,23). The Morgan fingerprint density at radius 1 is 1.32 bits per heavy atom. The molecule has 1 saturated heterocycles. The lowest BCUT2D eigenvalue weighted by atomic mass is 9.95. The van der Waals surface area contributed by atoms with E-state index in [2.05, 4.69) is 10.5 Å². The number of amides is 2. The van der Waals surface area contributed by atoms with Gasteiger partial charge in [0.15, 0.2) is 11.5 Å². The molecule has 2 amide bonds. The number of rotatable bonds is 4. The Morgan fingerprint density at radius 3 is 2.72 bits per heavy atom. The molecule has 0 unspecified atom stereocenters. The number of carbonyl (C=O) groups excluding carboxylic acids is 2. The summed E-state index contributed by atoms with van der Waals surface area (Å²) in [4.78, 5) is 26.2. The maximum Gasteiger partial charge on any atom is 0.276 e. The second-order valence-corrected chi connectivity index (χ2v) is 6.42. The third-order valence-electron chi connectivity index (χ3n) is 4.37. The molecule has 25 heavy (non-hydrogen) atoms. The molecule has 0 spiro atoms. The van der Waals surface area contributed by atoms with E-state index in [9.17, 15) is 9.59 Å². The molecule has 7 heteroatoms. The molecule has 0 saturated carbocycles. The normalized spacial score (nSPS) is 15.2. The van der Waals surface area contributed by atoms with Gasteiger partial charge in [-0.2, -0.15) is 0 Å². The van der Waals surface area contributed by atoms with Gasteiger partial charge in [-0.1, -0.05) is 28.9 Å². The molecule has 0 bridgehead atoms. The zero-order chi connectivity index (χ0) is 17.8. The molecule has 2 heterocycles. The van der Waals surface area contributed by atoms with E-state index in [-0.39, 0.29) is 23.4 Å². The van der Waals surface area contributed by atoms with E-state index in [1.165, 1.54) is 0 Å². The molecule has 3 rings (SSSR count). The van der Waals surface area contributed by atoms with E-state index in [4.69, 9.17) is 16.1 Å². The quantitative estimate of drug-likeness (QED) is 0.908. The van der Waals surface area contributed by atoms with E-state index in [1.807, 2.05) is 25.1 Å². The van der Waals surface area contributed by atoms with Crippen LogP contribution in [0.1, 0.15) is 30.3 Å². The zero-order valence-electron chi connectivity index (χ0n) is 14.0. The molecular formula is C18H20ClN3O3. The summed E-state index contributed by atoms with van der Waals surface area (Å²) in [6.45, 7) is 3.60. The average Bonchev–Trinajstić information content (AvgIpc) is 3.11. The number of nitrogens with one attached hydrogen (secondary N) is 1. The van der Waals surface area contributed by atoms with E-state index in [0.717, 1.165) is 0 Å². The van der Waals surface area contributed by atoms with Crippen LogP contribution in [0.5, 0.6) is 0 Å². The number of halogens is 1. The van der Waals surface area contributed by atoms with Gasteiger partial charge in [-0.3, -0.25) is 9.59 Å². The number of benzene rings is 1. The molecule has 1 aliphatic heterocycles. The molecule has 0 aliphatic carbocycles. The Balaban J connectivity index is 1.65. The third-order valence-corrected chi connectivity index (χ3v) is 4.70. The predicted octanol–water partition coefficient (Wildman–Crippen LogP) is 2.98. The minimum Gasteiger partial charge on any atom is -0.356 e. The van der Waals surface area contributed by atoms with Crippen molar-refractivity contribution in [1.29, 1.82) is 0 Å². The van der Waals surface area contributed by atoms with Crippen LogP contribution in [0, 0.1) is 5.92 Å². The van der Waals surface area contributed by atoms with Gasteiger partial charge in [0.1, 0.15) is 0 Å². The molecule has 1 aliphatic rings. The van der Waals surface area contributed by atoms with Gasteiger partial charge in [0, 0.05) is 37.2 Å². The van der Waals surface area contributed by atoms with Crippen molar-refractivity contribution in [2.24, 2.45) is 5.92 Å². The number of hydrogen-bond donors (Lipinski definition) is 1. The predicted molar refractivity (Wildman–Crippen MR) is 94.3 cm³/mol. The van der Waals surface area contributed by atoms with Gasteiger partial charge in [-0.25, -0.2) is 0 Å². The number of likely N-dealkylation sites (tertiary alicyclic amines) is 1. The highest BCUT2D eigenvalue weighted by atomic mass is 35.5. The first-order chi connectivity index (χ1) is 12.1. The number of aromatic nitrogens is 1. The minimum absolute atomic E-state index is 0.0278. The SMILES string of the molecule is CCNC(=O)C1CCN(C(=O)c2cc(-c3ccccc3Cl)on2)CC1. The fraction of sp³-hybridized carbons (Fsp3) is 0.389. The number of carbonyl (C=O) groups is 2. The van der Waals surface area contributed by atoms with Crippen molar-refractivity contribution in [2.45, 2.75) is 19.8 Å². The van der Waals surface area contributed by atoms with Crippen molar-refractivity contribution in [3.63, 3.8) is 0 Å². The molecule has 1 fully saturated rings. The van der Waals surface area contributed by atoms with Gasteiger partial charge in [0.05, 0.1) is 5.02 Å². The van der Waals surface area contributed by atoms with Crippen molar-refractivity contribution in [3.05, 3.63) is 41.0 Å². The molecule has 1 aromatic heterocycles. The van der Waals surface area contributed by atoms with Crippen LogP contribution in [0.2, 0.25) is 5.02 Å². The van der Waals surface area contributed by atoms with Crippen LogP contribution >= 0.6 is 11.6 Å². The van der Waals surface area contributed by atoms with Crippen LogP contribution < -0.4 is 5.32 Å². The smallest absolute Gasteiger partial charge is 0.276 e. The largest absolute Gasteiger partial charge is 0.356 e. The first-order valence-corrected chi connectivity index (χ1v) is 8.76. The van der Waals surface area contributed by atoms with Gasteiger partial charge in [-0.15, -0.1) is 0 Å². The van der Waals surface area contributed by atoms with Gasteiger partial charge in [-0.05, 0) is 31.9 Å². The van der Waals surface area contributed by atoms with Crippen LogP contribution in [0.3, 0.4) is 0 Å². The summed E-state index contributed by atoms with van der Waals surface area (Å²) in [6.07, 6.45) is 1.32. The summed E-state index contributed by atoms with van der Waals surface area (Å²) in [5.74, 6) is 0.319. The maximum absolute atomic E-state index is 12.6. The van der Waals surface area contributed by atoms with Crippen molar-refractivity contribution < 1.29 is 14.1 Å². The summed E-state index contributed by atoms with van der Waals surface area (Å²) in [5.41, 5.74) is 0.956. The van der Waals surface area contributed by atoms with Crippen LogP contribution in [0.25, 0.3) is 11.3 Å². The first-order valence-electron chi connectivity index (χ1n) is 8.38. The van der Waals surface area contributed by atoms with Crippen molar-refractivity contribution in [2.75, 3.05) is 19.6 Å². The van der Waals surface area contributed by atoms with Gasteiger partial charge in [0.25, 0.3) is 5.91 Å². The van der Waals surface area contributed by atoms with Crippen LogP contribution in [-0.2, 0) is 4.79 Å². The fourth-order valence-electron chi connectivity index (χ4n) is 2.99. The summed E-state index contributed by atoms with van der Waals surface area (Å²) < 4.78 is 5.29. The Hall–Kier alpha value is -2.34. The summed E-state index contributed by atoms with van der Waals surface area (Å²) in [5, 5.41) is 7.27. The Morgan fingerprint density at radius 2 is 2.04 bits per heavy atom. The van der Waals surface area contributed by atoms with E-state index in [0.29, 0.717) is 48.8 Å². The van der Waals surface area contributed by atoms with Crippen LogP contribution in [-0.4, -0.2) is 41.5 Å². The topological polar surface area (TPSA) is 75.4 Å². The monoisotopic (exact) mass is 361 g/mol. The van der Waals surface area contributed by atoms with E-state index in [1.54, 1.807) is 17.0 Å². The van der Waals surface area contributed by atoms with Gasteiger partial charge < -0.3 is 14.7 Å². The summed E-state index contributed by atoms with van der Waals surface area (Å²) >= 11 is 6.15. The first kappa shape index (κ1) is 17.5. The second kappa shape index (κ2) is 7.70. The lowest BCUT2D eigenvalue weighted by molar-refractivity contribution is -0.126. The fourth-order valence-corrected chi connectivity index (χ4v) is 3.22. The van der Waals surface area contributed by atoms with Crippen molar-refractivity contribution in [3.8, 4) is 11.3 Å². The second-order valence-electron chi connectivity index (χ2n) is 6.02. The molecular weight excluding hydrogens is 342 g/mol. The third kappa shape index (κ3) is 3.85. The number of piperidine rings is 1. The molecule has 132 valence electrons. The zero-order valence-corrected chi connectivity index (χ0v) is 14.8. The molecule has 2 aromatic rings. The maximum atomic E-state index is 12.6. The summed E-state index contributed by atoms with van der Waals surface area (Å²) in [6, 6.07) is 8.85. The minimum atomic E-state index is -0.184. The number of nitrogens with zero attached hydrogens (tertiary/aromatic N) is 2. The van der Waals surface area contributed by atoms with Crippen molar-refractivity contribution >= 4 is 23.4 Å². The molecule has 1 aromatic carbocycles. The molecule has 1 N–H and O–H groups in total. The highest BCUT2D eigenvalue weighted by molar-refractivity contribution is 6.33. The Bertz CT molecular complexity index is 766. The van der Waals surface area contributed by atoms with E-state index < -0.39 is 0 Å². The van der Waals surface area contributed by atoms with Crippen LogP contribution in [0.15, 0.2) is 34.9 Å². The molecule has 6 nitrogen and oxygen atoms in total. The molecule has 0 atom stereocenters. The van der Waals surface area contributed by atoms with E-state index >= 15 is 0 Å². The lowest BCUT2D eigenvalue weighted by Crippen LogP contribution is -2.43. The highest BCUT2D eigenvalue weighted by Gasteiger charge is 2.29. The van der Waals surface area contributed by atoms with Gasteiger partial charge >= 0.3 is 0 Å². The Labute approximate surface area is 151 Å². The highest BCUT2D eigenvalue weighted by Crippen LogP contribution is 2.28. The van der Waals surface area contributed by atoms with Gasteiger partial charge in [0.2, 0.25) is 5.91 Å². The van der Waals surface area contributed by atoms with Crippen molar-refractivity contribution in [1.82, 2.24) is 15.4 Å². The molecule has 0 radical (unpaired) electrons. The average molecular weight is 362 g/mol. The Kier molecular flexibility index (Phi) is 5.38. The summed E-state index contributed by atoms with van der Waals surface area (Å²) in [7, 11) is 0. The lowest BCUT2D eigenvalue weighted by Gasteiger charge is -2.30. The van der Waals surface area contributed by atoms with Crippen LogP contribution in [0.4, 0.5) is 0 Å². The number of hydrogen-bond acceptors (Lipinski definition) is 4.